The van der Waals surface area contributed by atoms with E-state index in [4.69, 9.17) is 21.2 Å². The zero-order chi connectivity index (χ0) is 29.1. The van der Waals surface area contributed by atoms with Crippen LogP contribution in [0.3, 0.4) is 0 Å². The molecule has 12 heteroatoms. The fourth-order valence-corrected chi connectivity index (χ4v) is 6.42. The molecule has 1 atom stereocenters. The van der Waals surface area contributed by atoms with E-state index in [0.717, 1.165) is 32.1 Å². The van der Waals surface area contributed by atoms with Gasteiger partial charge in [0.2, 0.25) is 0 Å². The molecule has 2 aliphatic rings. The molecule has 1 aliphatic heterocycles. The van der Waals surface area contributed by atoms with Crippen molar-refractivity contribution in [1.82, 2.24) is 10.8 Å². The van der Waals surface area contributed by atoms with Gasteiger partial charge in [-0.1, -0.05) is 43.0 Å². The Morgan fingerprint density at radius 1 is 1.05 bits per heavy atom. The Labute approximate surface area is 239 Å². The molecule has 1 fully saturated rings. The number of sulfone groups is 1. The highest BCUT2D eigenvalue weighted by Crippen LogP contribution is 2.33. The fourth-order valence-electron chi connectivity index (χ4n) is 4.69. The minimum atomic E-state index is -4.07. The second kappa shape index (κ2) is 12.2. The van der Waals surface area contributed by atoms with Gasteiger partial charge >= 0.3 is 6.09 Å². The number of nitrogens with one attached hydrogen (secondary N) is 2. The van der Waals surface area contributed by atoms with Crippen molar-refractivity contribution in [2.24, 2.45) is 0 Å². The maximum atomic E-state index is 13.8. The topological polar surface area (TPSA) is 131 Å². The van der Waals surface area contributed by atoms with Gasteiger partial charge in [0.15, 0.2) is 9.84 Å². The van der Waals surface area contributed by atoms with Gasteiger partial charge in [0, 0.05) is 10.6 Å². The number of hydroxylamine groups is 1. The van der Waals surface area contributed by atoms with E-state index in [1.807, 2.05) is 0 Å². The molecule has 0 spiro atoms. The van der Waals surface area contributed by atoms with Crippen LogP contribution in [-0.4, -0.2) is 49.8 Å². The lowest BCUT2D eigenvalue weighted by atomic mass is 9.98. The molecule has 10 nitrogen and oxygen atoms in total. The Kier molecular flexibility index (Phi) is 9.06. The summed E-state index contributed by atoms with van der Waals surface area (Å²) in [5.41, 5.74) is 2.42. The molecule has 0 radical (unpaired) electrons. The van der Waals surface area contributed by atoms with Crippen LogP contribution in [0.5, 0.6) is 0 Å². The van der Waals surface area contributed by atoms with Crippen molar-refractivity contribution in [2.75, 3.05) is 10.7 Å². The zero-order valence-electron chi connectivity index (χ0n) is 22.7. The average molecular weight is 592 g/mol. The number of hydrogen-bond acceptors (Lipinski definition) is 7. The van der Waals surface area contributed by atoms with Gasteiger partial charge in [0.05, 0.1) is 29.0 Å². The minimum Gasteiger partial charge on any atom is -0.444 e. The van der Waals surface area contributed by atoms with E-state index < -0.39 is 45.1 Å². The Balaban J connectivity index is 1.68. The third kappa shape index (κ3) is 7.52. The molecule has 40 heavy (non-hydrogen) atoms. The average Bonchev–Trinajstić information content (AvgIpc) is 2.96. The highest BCUT2D eigenvalue weighted by molar-refractivity contribution is 7.91. The Bertz CT molecular complexity index is 1370. The summed E-state index contributed by atoms with van der Waals surface area (Å²) in [6, 6.07) is 9.33. The Morgan fingerprint density at radius 3 is 2.38 bits per heavy atom. The van der Waals surface area contributed by atoms with E-state index in [2.05, 4.69) is 10.8 Å². The van der Waals surface area contributed by atoms with Crippen LogP contribution >= 0.6 is 11.6 Å². The van der Waals surface area contributed by atoms with Crippen LogP contribution in [0, 0.1) is 0 Å². The summed E-state index contributed by atoms with van der Waals surface area (Å²) in [7, 11) is -4.07. The lowest BCUT2D eigenvalue weighted by molar-refractivity contribution is -0.120. The summed E-state index contributed by atoms with van der Waals surface area (Å²) in [5, 5.41) is 2.92. The largest absolute Gasteiger partial charge is 0.444 e. The van der Waals surface area contributed by atoms with E-state index in [-0.39, 0.29) is 28.8 Å². The first-order valence-corrected chi connectivity index (χ1v) is 15.2. The molecule has 1 heterocycles. The number of amides is 3. The summed E-state index contributed by atoms with van der Waals surface area (Å²) < 4.78 is 32.2. The lowest BCUT2D eigenvalue weighted by Gasteiger charge is -2.27. The molecular weight excluding hydrogens is 558 g/mol. The number of ether oxygens (including phenoxy) is 1. The number of anilines is 1. The standard InChI is InChI=1S/C28H34ClN3O7S/c1-28(2,3)38-27(35)30-22-17-40(36,37)24-14-11-19(25(33)31-39-21-7-5-4-6-8-21)15-23(24)32(26(22)34)16-18-9-12-20(29)13-10-18/h9-15,21-22H,4-8,16-17H2,1-3H3,(H,30,35)(H,31,33)/t22-/m0/s1. The molecule has 2 N–H and O–H groups in total. The van der Waals surface area contributed by atoms with E-state index in [0.29, 0.717) is 10.6 Å². The van der Waals surface area contributed by atoms with Crippen LogP contribution in [0.4, 0.5) is 10.5 Å². The van der Waals surface area contributed by atoms with Crippen molar-refractivity contribution < 1.29 is 32.4 Å². The van der Waals surface area contributed by atoms with Gasteiger partial charge in [-0.05, 0) is 69.5 Å². The number of nitrogens with zero attached hydrogens (tertiary/aromatic N) is 1. The number of fused-ring (bicyclic) bond motifs is 1. The van der Waals surface area contributed by atoms with E-state index in [1.165, 1.54) is 23.1 Å². The predicted molar refractivity (Wildman–Crippen MR) is 150 cm³/mol. The molecule has 0 bridgehead atoms. The molecule has 0 saturated heterocycles. The number of hydrogen-bond donors (Lipinski definition) is 2. The van der Waals surface area contributed by atoms with Crippen molar-refractivity contribution >= 4 is 45.0 Å². The zero-order valence-corrected chi connectivity index (χ0v) is 24.3. The van der Waals surface area contributed by atoms with Gasteiger partial charge in [0.25, 0.3) is 11.8 Å². The van der Waals surface area contributed by atoms with Gasteiger partial charge in [-0.25, -0.2) is 18.7 Å². The molecule has 3 amide bonds. The maximum Gasteiger partial charge on any atom is 0.408 e. The van der Waals surface area contributed by atoms with Gasteiger partial charge in [-0.15, -0.1) is 0 Å². The lowest BCUT2D eigenvalue weighted by Crippen LogP contribution is -2.51. The molecule has 0 aromatic heterocycles. The number of benzene rings is 2. The van der Waals surface area contributed by atoms with E-state index in [1.54, 1.807) is 45.0 Å². The van der Waals surface area contributed by atoms with Crippen molar-refractivity contribution in [2.45, 2.75) is 82.1 Å². The van der Waals surface area contributed by atoms with Crippen LogP contribution in [0.25, 0.3) is 0 Å². The maximum absolute atomic E-state index is 13.8. The predicted octanol–water partition coefficient (Wildman–Crippen LogP) is 4.55. The number of halogens is 1. The molecule has 216 valence electrons. The SMILES string of the molecule is CC(C)(C)OC(=O)N[C@H]1CS(=O)(=O)c2ccc(C(=O)NOC3CCCCC3)cc2N(Cc2ccc(Cl)cc2)C1=O. The van der Waals surface area contributed by atoms with E-state index >= 15 is 0 Å². The van der Waals surface area contributed by atoms with Crippen molar-refractivity contribution in [3.63, 3.8) is 0 Å². The normalized spacial score (nSPS) is 19.4. The summed E-state index contributed by atoms with van der Waals surface area (Å²) in [6.07, 6.45) is 3.87. The number of carbonyl (C=O) groups is 3. The monoisotopic (exact) mass is 591 g/mol. The van der Waals surface area contributed by atoms with E-state index in [9.17, 15) is 22.8 Å². The minimum absolute atomic E-state index is 0.0266. The molecule has 0 unspecified atom stereocenters. The van der Waals surface area contributed by atoms with Gasteiger partial charge in [-0.2, -0.15) is 0 Å². The number of carbonyl (C=O) groups excluding carboxylic acids is 3. The summed E-state index contributed by atoms with van der Waals surface area (Å²) >= 11 is 6.02. The molecule has 1 saturated carbocycles. The molecule has 2 aromatic rings. The quantitative estimate of drug-likeness (QED) is 0.471. The molecule has 1 aliphatic carbocycles. The van der Waals surface area contributed by atoms with Gasteiger partial charge in [-0.3, -0.25) is 14.4 Å². The van der Waals surface area contributed by atoms with Crippen LogP contribution in [0.15, 0.2) is 47.4 Å². The second-order valence-electron chi connectivity index (χ2n) is 11.0. The third-order valence-corrected chi connectivity index (χ3v) is 8.65. The van der Waals surface area contributed by atoms with Crippen LogP contribution < -0.4 is 15.7 Å². The second-order valence-corrected chi connectivity index (χ2v) is 13.5. The van der Waals surface area contributed by atoms with Crippen LogP contribution in [-0.2, 0) is 30.8 Å². The van der Waals surface area contributed by atoms with Crippen LogP contribution in [0.1, 0.15) is 68.8 Å². The Morgan fingerprint density at radius 2 is 1.73 bits per heavy atom. The van der Waals surface area contributed by atoms with Gasteiger partial charge in [0.1, 0.15) is 11.6 Å². The van der Waals surface area contributed by atoms with Gasteiger partial charge < -0.3 is 15.0 Å². The molecule has 2 aromatic carbocycles. The summed E-state index contributed by atoms with van der Waals surface area (Å²) in [4.78, 5) is 46.0. The summed E-state index contributed by atoms with van der Waals surface area (Å²) in [5.74, 6) is -1.90. The number of alkyl carbamates (subject to hydrolysis) is 1. The van der Waals surface area contributed by atoms with Crippen molar-refractivity contribution in [3.8, 4) is 0 Å². The number of rotatable bonds is 6. The first-order chi connectivity index (χ1) is 18.8. The molecule has 4 rings (SSSR count). The smallest absolute Gasteiger partial charge is 0.408 e. The molecular formula is C28H34ClN3O7S. The fraction of sp³-hybridized carbons (Fsp3) is 0.464. The third-order valence-electron chi connectivity index (χ3n) is 6.61. The van der Waals surface area contributed by atoms with Crippen molar-refractivity contribution in [1.29, 1.82) is 0 Å². The highest BCUT2D eigenvalue weighted by Gasteiger charge is 2.39. The highest BCUT2D eigenvalue weighted by atomic mass is 35.5. The Hall–Kier alpha value is -3.15. The first-order valence-electron chi connectivity index (χ1n) is 13.2. The first kappa shape index (κ1) is 29.8. The van der Waals surface area contributed by atoms with Crippen molar-refractivity contribution in [3.05, 3.63) is 58.6 Å². The summed E-state index contributed by atoms with van der Waals surface area (Å²) in [6.45, 7) is 4.94. The van der Waals surface area contributed by atoms with Crippen LogP contribution in [0.2, 0.25) is 5.02 Å².